The largest absolute Gasteiger partial charge is 0.444 e. The summed E-state index contributed by atoms with van der Waals surface area (Å²) < 4.78 is 5.08. The SMILES string of the molecule is CC[C@H](CCO)NC(=O)OC(C)(C)C. The molecule has 2 N–H and O–H groups in total. The van der Waals surface area contributed by atoms with Crippen LogP contribution in [0.4, 0.5) is 4.79 Å². The summed E-state index contributed by atoms with van der Waals surface area (Å²) in [7, 11) is 0. The molecule has 0 unspecified atom stereocenters. The topological polar surface area (TPSA) is 58.6 Å². The van der Waals surface area contributed by atoms with Crippen molar-refractivity contribution in [2.24, 2.45) is 0 Å². The van der Waals surface area contributed by atoms with Gasteiger partial charge in [-0.25, -0.2) is 4.79 Å². The van der Waals surface area contributed by atoms with Crippen LogP contribution in [0.3, 0.4) is 0 Å². The first kappa shape index (κ1) is 13.2. The Hall–Kier alpha value is -0.770. The number of hydrogen-bond donors (Lipinski definition) is 2. The molecule has 1 atom stereocenters. The Morgan fingerprint density at radius 3 is 2.43 bits per heavy atom. The normalized spacial score (nSPS) is 13.5. The second-order valence-electron chi connectivity index (χ2n) is 4.26. The second-order valence-corrected chi connectivity index (χ2v) is 4.26. The van der Waals surface area contributed by atoms with E-state index in [-0.39, 0.29) is 12.6 Å². The Kier molecular flexibility index (Phi) is 5.53. The summed E-state index contributed by atoms with van der Waals surface area (Å²) in [6.07, 6.45) is 0.938. The lowest BCUT2D eigenvalue weighted by Gasteiger charge is -2.22. The van der Waals surface area contributed by atoms with E-state index in [2.05, 4.69) is 5.32 Å². The second kappa shape index (κ2) is 5.86. The summed E-state index contributed by atoms with van der Waals surface area (Å²) in [4.78, 5) is 11.3. The van der Waals surface area contributed by atoms with Gasteiger partial charge in [-0.3, -0.25) is 0 Å². The Morgan fingerprint density at radius 2 is 2.07 bits per heavy atom. The highest BCUT2D eigenvalue weighted by molar-refractivity contribution is 5.68. The van der Waals surface area contributed by atoms with E-state index in [0.717, 1.165) is 6.42 Å². The van der Waals surface area contributed by atoms with Crippen molar-refractivity contribution < 1.29 is 14.6 Å². The molecular formula is C10H21NO3. The predicted octanol–water partition coefficient (Wildman–Crippen LogP) is 1.67. The Morgan fingerprint density at radius 1 is 1.50 bits per heavy atom. The lowest BCUT2D eigenvalue weighted by molar-refractivity contribution is 0.0496. The van der Waals surface area contributed by atoms with Gasteiger partial charge in [-0.05, 0) is 33.6 Å². The molecule has 4 nitrogen and oxygen atoms in total. The van der Waals surface area contributed by atoms with Gasteiger partial charge in [-0.2, -0.15) is 0 Å². The maximum absolute atomic E-state index is 11.3. The molecule has 0 saturated heterocycles. The molecule has 0 heterocycles. The zero-order valence-electron chi connectivity index (χ0n) is 9.46. The van der Waals surface area contributed by atoms with E-state index in [1.807, 2.05) is 27.7 Å². The standard InChI is InChI=1S/C10H21NO3/c1-5-8(6-7-12)11-9(13)14-10(2,3)4/h8,12H,5-7H2,1-4H3,(H,11,13)/t8-/m1/s1. The highest BCUT2D eigenvalue weighted by Gasteiger charge is 2.18. The molecule has 84 valence electrons. The minimum Gasteiger partial charge on any atom is -0.444 e. The summed E-state index contributed by atoms with van der Waals surface area (Å²) in [5.41, 5.74) is -0.471. The van der Waals surface area contributed by atoms with Crippen molar-refractivity contribution in [2.75, 3.05) is 6.61 Å². The summed E-state index contributed by atoms with van der Waals surface area (Å²) in [6.45, 7) is 7.49. The van der Waals surface area contributed by atoms with Crippen LogP contribution in [0, 0.1) is 0 Å². The fourth-order valence-electron chi connectivity index (χ4n) is 1.01. The molecule has 4 heteroatoms. The van der Waals surface area contributed by atoms with Gasteiger partial charge in [0.15, 0.2) is 0 Å². The zero-order valence-corrected chi connectivity index (χ0v) is 9.46. The third-order valence-corrected chi connectivity index (χ3v) is 1.69. The predicted molar refractivity (Wildman–Crippen MR) is 55.2 cm³/mol. The molecule has 0 saturated carbocycles. The van der Waals surface area contributed by atoms with E-state index in [1.165, 1.54) is 0 Å². The van der Waals surface area contributed by atoms with Gasteiger partial charge < -0.3 is 15.2 Å². The van der Waals surface area contributed by atoms with Crippen LogP contribution in [0.1, 0.15) is 40.5 Å². The molecule has 0 aromatic heterocycles. The van der Waals surface area contributed by atoms with Crippen LogP contribution in [0.25, 0.3) is 0 Å². The maximum atomic E-state index is 11.3. The van der Waals surface area contributed by atoms with Crippen LogP contribution in [0.2, 0.25) is 0 Å². The molecule has 0 aromatic carbocycles. The summed E-state index contributed by atoms with van der Waals surface area (Å²) in [6, 6.07) is -0.00477. The number of aliphatic hydroxyl groups is 1. The number of hydrogen-bond acceptors (Lipinski definition) is 3. The molecule has 0 spiro atoms. The first-order valence-electron chi connectivity index (χ1n) is 4.99. The summed E-state index contributed by atoms with van der Waals surface area (Å²) in [5, 5.41) is 11.4. The average molecular weight is 203 g/mol. The fourth-order valence-corrected chi connectivity index (χ4v) is 1.01. The van der Waals surface area contributed by atoms with Crippen molar-refractivity contribution >= 4 is 6.09 Å². The van der Waals surface area contributed by atoms with Gasteiger partial charge in [0, 0.05) is 12.6 Å². The molecule has 0 aliphatic heterocycles. The van der Waals surface area contributed by atoms with Gasteiger partial charge in [-0.15, -0.1) is 0 Å². The lowest BCUT2D eigenvalue weighted by Crippen LogP contribution is -2.39. The number of aliphatic hydroxyl groups excluding tert-OH is 1. The van der Waals surface area contributed by atoms with Crippen molar-refractivity contribution in [2.45, 2.75) is 52.2 Å². The average Bonchev–Trinajstić information content (AvgIpc) is 2.00. The Bertz CT molecular complexity index is 175. The molecule has 0 aliphatic rings. The third kappa shape index (κ3) is 6.71. The maximum Gasteiger partial charge on any atom is 0.407 e. The molecule has 0 rings (SSSR count). The van der Waals surface area contributed by atoms with Gasteiger partial charge in [0.25, 0.3) is 0 Å². The molecule has 0 bridgehead atoms. The van der Waals surface area contributed by atoms with Crippen molar-refractivity contribution in [3.63, 3.8) is 0 Å². The van der Waals surface area contributed by atoms with E-state index < -0.39 is 11.7 Å². The highest BCUT2D eigenvalue weighted by atomic mass is 16.6. The van der Waals surface area contributed by atoms with E-state index in [9.17, 15) is 4.79 Å². The first-order valence-corrected chi connectivity index (χ1v) is 4.99. The number of alkyl carbamates (subject to hydrolysis) is 1. The smallest absolute Gasteiger partial charge is 0.407 e. The van der Waals surface area contributed by atoms with E-state index in [4.69, 9.17) is 9.84 Å². The van der Waals surface area contributed by atoms with Crippen LogP contribution in [-0.4, -0.2) is 29.4 Å². The number of amides is 1. The number of nitrogens with one attached hydrogen (secondary N) is 1. The van der Waals surface area contributed by atoms with Crippen molar-refractivity contribution in [3.05, 3.63) is 0 Å². The van der Waals surface area contributed by atoms with Gasteiger partial charge in [0.1, 0.15) is 5.60 Å². The zero-order chi connectivity index (χ0) is 11.2. The number of ether oxygens (including phenoxy) is 1. The molecule has 0 fully saturated rings. The molecule has 0 aromatic rings. The highest BCUT2D eigenvalue weighted by Crippen LogP contribution is 2.07. The lowest BCUT2D eigenvalue weighted by atomic mass is 10.1. The summed E-state index contributed by atoms with van der Waals surface area (Å²) >= 11 is 0. The molecule has 0 radical (unpaired) electrons. The van der Waals surface area contributed by atoms with Gasteiger partial charge >= 0.3 is 6.09 Å². The third-order valence-electron chi connectivity index (χ3n) is 1.69. The van der Waals surface area contributed by atoms with E-state index in [1.54, 1.807) is 0 Å². The minimum atomic E-state index is -0.471. The van der Waals surface area contributed by atoms with Crippen LogP contribution in [0.15, 0.2) is 0 Å². The Labute approximate surface area is 85.6 Å². The molecule has 14 heavy (non-hydrogen) atoms. The van der Waals surface area contributed by atoms with Crippen LogP contribution in [-0.2, 0) is 4.74 Å². The minimum absolute atomic E-state index is 0.00477. The molecule has 1 amide bonds. The fraction of sp³-hybridized carbons (Fsp3) is 0.900. The summed E-state index contributed by atoms with van der Waals surface area (Å²) in [5.74, 6) is 0. The van der Waals surface area contributed by atoms with Crippen molar-refractivity contribution in [1.82, 2.24) is 5.32 Å². The molecule has 0 aliphatic carbocycles. The number of rotatable bonds is 4. The van der Waals surface area contributed by atoms with Crippen LogP contribution >= 0.6 is 0 Å². The Balaban J connectivity index is 3.91. The quantitative estimate of drug-likeness (QED) is 0.730. The van der Waals surface area contributed by atoms with Crippen molar-refractivity contribution in [3.8, 4) is 0 Å². The van der Waals surface area contributed by atoms with Gasteiger partial charge in [0.05, 0.1) is 0 Å². The van der Waals surface area contributed by atoms with Crippen LogP contribution < -0.4 is 5.32 Å². The van der Waals surface area contributed by atoms with Crippen molar-refractivity contribution in [1.29, 1.82) is 0 Å². The monoisotopic (exact) mass is 203 g/mol. The van der Waals surface area contributed by atoms with Gasteiger partial charge in [0.2, 0.25) is 0 Å². The first-order chi connectivity index (χ1) is 6.39. The number of carbonyl (C=O) groups excluding carboxylic acids is 1. The number of carbonyl (C=O) groups is 1. The van der Waals surface area contributed by atoms with E-state index in [0.29, 0.717) is 6.42 Å². The van der Waals surface area contributed by atoms with Gasteiger partial charge in [-0.1, -0.05) is 6.92 Å². The van der Waals surface area contributed by atoms with E-state index >= 15 is 0 Å². The molecular weight excluding hydrogens is 182 g/mol. The van der Waals surface area contributed by atoms with Crippen LogP contribution in [0.5, 0.6) is 0 Å².